The molecule has 0 N–H and O–H groups in total. The number of hydrogen-bond donors (Lipinski definition) is 0. The first-order valence-electron chi connectivity index (χ1n) is 20.1. The summed E-state index contributed by atoms with van der Waals surface area (Å²) in [5.74, 6) is 0.524. The summed E-state index contributed by atoms with van der Waals surface area (Å²) >= 11 is 0. The van der Waals surface area contributed by atoms with Gasteiger partial charge < -0.3 is 9.80 Å². The van der Waals surface area contributed by atoms with Crippen molar-refractivity contribution < 1.29 is 0 Å². The van der Waals surface area contributed by atoms with Crippen LogP contribution in [0.1, 0.15) is 70.4 Å². The maximum Gasteiger partial charge on any atom is 0.0517 e. The lowest BCUT2D eigenvalue weighted by Gasteiger charge is -2.50. The molecule has 7 aromatic rings. The van der Waals surface area contributed by atoms with E-state index in [2.05, 4.69) is 213 Å². The fourth-order valence-corrected chi connectivity index (χ4v) is 9.44. The Labute approximate surface area is 327 Å². The van der Waals surface area contributed by atoms with E-state index in [4.69, 9.17) is 0 Å². The number of nitrogens with zero attached hydrogens (tertiary/aromatic N) is 2. The second-order valence-electron chi connectivity index (χ2n) is 16.3. The summed E-state index contributed by atoms with van der Waals surface area (Å²) in [5.41, 5.74) is 16.5. The van der Waals surface area contributed by atoms with E-state index >= 15 is 0 Å². The van der Waals surface area contributed by atoms with Gasteiger partial charge in [-0.15, -0.1) is 0 Å². The molecular weight excluding hydrogens is 665 g/mol. The highest BCUT2D eigenvalue weighted by atomic mass is 15.3. The van der Waals surface area contributed by atoms with Crippen molar-refractivity contribution in [3.63, 3.8) is 0 Å². The highest BCUT2D eigenvalue weighted by Crippen LogP contribution is 2.61. The van der Waals surface area contributed by atoms with Crippen molar-refractivity contribution in [2.24, 2.45) is 0 Å². The molecule has 9 rings (SSSR count). The summed E-state index contributed by atoms with van der Waals surface area (Å²) in [6, 6.07) is 64.7. The molecule has 55 heavy (non-hydrogen) atoms. The second kappa shape index (κ2) is 14.1. The summed E-state index contributed by atoms with van der Waals surface area (Å²) in [4.78, 5) is 5.04. The van der Waals surface area contributed by atoms with E-state index < -0.39 is 0 Å². The number of fused-ring (bicyclic) bond motifs is 3. The van der Waals surface area contributed by atoms with Crippen molar-refractivity contribution in [2.45, 2.75) is 70.3 Å². The van der Waals surface area contributed by atoms with Gasteiger partial charge in [0, 0.05) is 33.9 Å². The fraction of sp³-hybridized carbons (Fsp3) is 0.208. The largest absolute Gasteiger partial charge is 0.334 e. The van der Waals surface area contributed by atoms with Crippen molar-refractivity contribution in [2.75, 3.05) is 9.80 Å². The maximum absolute atomic E-state index is 2.68. The molecule has 272 valence electrons. The summed E-state index contributed by atoms with van der Waals surface area (Å²) in [6.45, 7) is 9.67. The molecule has 2 heteroatoms. The average Bonchev–Trinajstić information content (AvgIpc) is 3.45. The van der Waals surface area contributed by atoms with Gasteiger partial charge >= 0.3 is 0 Å². The molecule has 1 fully saturated rings. The van der Waals surface area contributed by atoms with Gasteiger partial charge in [-0.25, -0.2) is 0 Å². The molecule has 1 saturated carbocycles. The molecule has 0 aromatic heterocycles. The normalized spacial score (nSPS) is 18.9. The molecular formula is C53H50N2. The molecule has 0 radical (unpaired) electrons. The van der Waals surface area contributed by atoms with E-state index in [1.807, 2.05) is 0 Å². The van der Waals surface area contributed by atoms with Gasteiger partial charge in [-0.2, -0.15) is 0 Å². The zero-order chi connectivity index (χ0) is 37.6. The predicted molar refractivity (Wildman–Crippen MR) is 234 cm³/mol. The molecule has 2 unspecified atom stereocenters. The highest BCUT2D eigenvalue weighted by molar-refractivity contribution is 5.82. The molecule has 2 nitrogen and oxygen atoms in total. The fourth-order valence-electron chi connectivity index (χ4n) is 9.44. The molecule has 0 spiro atoms. The Hall–Kier alpha value is -5.86. The lowest BCUT2D eigenvalue weighted by atomic mass is 9.61. The van der Waals surface area contributed by atoms with Gasteiger partial charge in [-0.05, 0) is 125 Å². The van der Waals surface area contributed by atoms with E-state index in [0.29, 0.717) is 5.92 Å². The van der Waals surface area contributed by atoms with Gasteiger partial charge in [-0.1, -0.05) is 155 Å². The number of anilines is 5. The van der Waals surface area contributed by atoms with E-state index in [1.165, 1.54) is 81.6 Å². The van der Waals surface area contributed by atoms with Gasteiger partial charge in [0.1, 0.15) is 0 Å². The molecule has 0 bridgehead atoms. The Bertz CT molecular complexity index is 2310. The van der Waals surface area contributed by atoms with Crippen LogP contribution in [0.2, 0.25) is 0 Å². The number of benzene rings is 7. The minimum Gasteiger partial charge on any atom is -0.334 e. The molecule has 2 aliphatic rings. The van der Waals surface area contributed by atoms with E-state index in [0.717, 1.165) is 17.1 Å². The number of hydrogen-bond acceptors (Lipinski definition) is 2. The van der Waals surface area contributed by atoms with Crippen molar-refractivity contribution >= 4 is 28.4 Å². The first kappa shape index (κ1) is 34.9. The molecule has 7 aromatic carbocycles. The standard InChI is InChI=1S/C53H50N2/c1-38(2)45-25-34-51-50(37-45)52(3)35-11-12-36-53(52,4)55(51)49-32-23-44(24-33-49)43-21-30-48(31-22-43)54(46-26-17-41(18-27-46)39-13-7-5-8-14-39)47-28-19-42(20-29-47)40-15-9-6-10-16-40/h5-10,13-34,37-38H,11-12,35-36H2,1-4H3. The zero-order valence-electron chi connectivity index (χ0n) is 32.5. The number of rotatable bonds is 8. The lowest BCUT2D eigenvalue weighted by molar-refractivity contribution is 0.195. The predicted octanol–water partition coefficient (Wildman–Crippen LogP) is 15.0. The maximum atomic E-state index is 2.68. The minimum absolute atomic E-state index is 0.0500. The minimum atomic E-state index is 0.0500. The summed E-state index contributed by atoms with van der Waals surface area (Å²) in [5, 5.41) is 0. The van der Waals surface area contributed by atoms with Gasteiger partial charge in [0.25, 0.3) is 0 Å². The Balaban J connectivity index is 1.03. The lowest BCUT2D eigenvalue weighted by Crippen LogP contribution is -2.54. The van der Waals surface area contributed by atoms with Crippen LogP contribution in [0.15, 0.2) is 176 Å². The monoisotopic (exact) mass is 714 g/mol. The van der Waals surface area contributed by atoms with Crippen LogP contribution in [0, 0.1) is 0 Å². The highest BCUT2D eigenvalue weighted by Gasteiger charge is 2.57. The molecule has 2 atom stereocenters. The van der Waals surface area contributed by atoms with Crippen molar-refractivity contribution in [1.29, 1.82) is 0 Å². The van der Waals surface area contributed by atoms with Crippen LogP contribution in [-0.4, -0.2) is 5.54 Å². The molecule has 0 saturated heterocycles. The quantitative estimate of drug-likeness (QED) is 0.155. The van der Waals surface area contributed by atoms with Crippen molar-refractivity contribution in [3.05, 3.63) is 187 Å². The van der Waals surface area contributed by atoms with Crippen molar-refractivity contribution in [1.82, 2.24) is 0 Å². The second-order valence-corrected chi connectivity index (χ2v) is 16.3. The Kier molecular flexibility index (Phi) is 8.93. The summed E-state index contributed by atoms with van der Waals surface area (Å²) in [6.07, 6.45) is 5.03. The van der Waals surface area contributed by atoms with E-state index in [1.54, 1.807) is 0 Å². The van der Waals surface area contributed by atoms with Crippen LogP contribution in [0.25, 0.3) is 33.4 Å². The van der Waals surface area contributed by atoms with Gasteiger partial charge in [0.05, 0.1) is 5.54 Å². The van der Waals surface area contributed by atoms with Crippen LogP contribution in [-0.2, 0) is 5.41 Å². The summed E-state index contributed by atoms with van der Waals surface area (Å²) < 4.78 is 0. The SMILES string of the molecule is CC(C)c1ccc2c(c1)C1(C)CCCCC1(C)N2c1ccc(-c2ccc(N(c3ccc(-c4ccccc4)cc3)c3ccc(-c4ccccc4)cc3)cc2)cc1. The topological polar surface area (TPSA) is 6.48 Å². The third-order valence-corrected chi connectivity index (χ3v) is 12.8. The van der Waals surface area contributed by atoms with Crippen LogP contribution < -0.4 is 9.80 Å². The van der Waals surface area contributed by atoms with E-state index in [-0.39, 0.29) is 11.0 Å². The summed E-state index contributed by atoms with van der Waals surface area (Å²) in [7, 11) is 0. The third-order valence-electron chi connectivity index (χ3n) is 12.8. The Morgan fingerprint density at radius 2 is 0.891 bits per heavy atom. The van der Waals surface area contributed by atoms with E-state index in [9.17, 15) is 0 Å². The van der Waals surface area contributed by atoms with Gasteiger partial charge in [0.15, 0.2) is 0 Å². The molecule has 1 aliphatic carbocycles. The van der Waals surface area contributed by atoms with Crippen molar-refractivity contribution in [3.8, 4) is 33.4 Å². The van der Waals surface area contributed by atoms with Gasteiger partial charge in [0.2, 0.25) is 0 Å². The molecule has 0 amide bonds. The van der Waals surface area contributed by atoms with Crippen LogP contribution in [0.4, 0.5) is 28.4 Å². The molecule has 1 aliphatic heterocycles. The van der Waals surface area contributed by atoms with Crippen LogP contribution in [0.5, 0.6) is 0 Å². The van der Waals surface area contributed by atoms with Gasteiger partial charge in [-0.3, -0.25) is 0 Å². The first-order chi connectivity index (χ1) is 26.8. The first-order valence-corrected chi connectivity index (χ1v) is 20.1. The molecule has 1 heterocycles. The zero-order valence-corrected chi connectivity index (χ0v) is 32.5. The average molecular weight is 715 g/mol. The third kappa shape index (κ3) is 6.15. The van der Waals surface area contributed by atoms with Crippen LogP contribution in [0.3, 0.4) is 0 Å². The Morgan fingerprint density at radius 3 is 1.35 bits per heavy atom. The Morgan fingerprint density at radius 1 is 0.473 bits per heavy atom. The van der Waals surface area contributed by atoms with Crippen LogP contribution >= 0.6 is 0 Å². The smallest absolute Gasteiger partial charge is 0.0517 e.